The molecule has 1 unspecified atom stereocenters. The normalized spacial score (nSPS) is 19.6. The second kappa shape index (κ2) is 8.30. The van der Waals surface area contributed by atoms with Gasteiger partial charge in [0.25, 0.3) is 5.91 Å². The van der Waals surface area contributed by atoms with Crippen LogP contribution in [0, 0.1) is 13.8 Å². The van der Waals surface area contributed by atoms with E-state index in [1.54, 1.807) is 0 Å². The zero-order valence-electron chi connectivity index (χ0n) is 21.2. The topological polar surface area (TPSA) is 64.7 Å². The Morgan fingerprint density at radius 3 is 2.59 bits per heavy atom. The maximum absolute atomic E-state index is 14.5. The van der Waals surface area contributed by atoms with Crippen molar-refractivity contribution in [2.75, 3.05) is 18.1 Å². The molecular formula is C29H28ClN5O2. The highest BCUT2D eigenvalue weighted by atomic mass is 35.5. The lowest BCUT2D eigenvalue weighted by atomic mass is 9.97. The van der Waals surface area contributed by atoms with E-state index in [9.17, 15) is 4.79 Å². The summed E-state index contributed by atoms with van der Waals surface area (Å²) >= 11 is 6.28. The standard InChI is InChI=1S/C29H28ClN5O2/c1-16-14-22(15-34-17(2)31-32-28(16)34)35-26(19-6-8-21(30)9-7-19)27-24(29(35)36)23(18-4-5-18)25(33(27)3)20-10-12-37-13-11-20/h6-10,14-15,18,26H,4-5,11-13H2,1-3H3. The Morgan fingerprint density at radius 2 is 1.89 bits per heavy atom. The molecule has 7 nitrogen and oxygen atoms in total. The van der Waals surface area contributed by atoms with Crippen molar-refractivity contribution in [1.29, 1.82) is 0 Å². The van der Waals surface area contributed by atoms with Crippen LogP contribution < -0.4 is 4.90 Å². The predicted molar refractivity (Wildman–Crippen MR) is 143 cm³/mol. The van der Waals surface area contributed by atoms with E-state index in [0.717, 1.165) is 58.8 Å². The number of halogens is 1. The van der Waals surface area contributed by atoms with Gasteiger partial charge in [-0.05, 0) is 79.5 Å². The number of amides is 1. The zero-order chi connectivity index (χ0) is 25.4. The van der Waals surface area contributed by atoms with Gasteiger partial charge in [-0.1, -0.05) is 29.8 Å². The summed E-state index contributed by atoms with van der Waals surface area (Å²) in [6.45, 7) is 5.28. The van der Waals surface area contributed by atoms with Crippen molar-refractivity contribution in [1.82, 2.24) is 19.2 Å². The average molecular weight is 514 g/mol. The highest BCUT2D eigenvalue weighted by Crippen LogP contribution is 2.53. The minimum absolute atomic E-state index is 0.0517. The molecule has 4 aromatic rings. The first kappa shape index (κ1) is 22.8. The molecule has 1 amide bonds. The van der Waals surface area contributed by atoms with Crippen molar-refractivity contribution in [2.24, 2.45) is 7.05 Å². The summed E-state index contributed by atoms with van der Waals surface area (Å²) in [5.41, 5.74) is 9.29. The first-order valence-corrected chi connectivity index (χ1v) is 13.2. The molecule has 3 aromatic heterocycles. The lowest BCUT2D eigenvalue weighted by Crippen LogP contribution is -2.30. The SMILES string of the molecule is Cc1cc(N2C(=O)c3c(C4CC4)c(C4=CCOCC4)n(C)c3C2c2ccc(Cl)cc2)cn2c(C)nnc12. The fraction of sp³-hybridized carbons (Fsp3) is 0.345. The Hall–Kier alpha value is -3.42. The Labute approximate surface area is 220 Å². The molecule has 0 N–H and O–H groups in total. The number of hydrogen-bond donors (Lipinski definition) is 0. The smallest absolute Gasteiger partial charge is 0.261 e. The van der Waals surface area contributed by atoms with Crippen molar-refractivity contribution >= 4 is 34.4 Å². The molecular weight excluding hydrogens is 486 g/mol. The number of nitrogens with zero attached hydrogens (tertiary/aromatic N) is 5. The number of aryl methyl sites for hydroxylation is 2. The molecule has 0 spiro atoms. The van der Waals surface area contributed by atoms with E-state index in [2.05, 4.69) is 34.0 Å². The molecule has 3 aliphatic rings. The molecule has 1 fully saturated rings. The molecule has 0 bridgehead atoms. The number of hydrogen-bond acceptors (Lipinski definition) is 4. The van der Waals surface area contributed by atoms with Crippen LogP contribution in [0.3, 0.4) is 0 Å². The van der Waals surface area contributed by atoms with Crippen LogP contribution in [0.4, 0.5) is 5.69 Å². The number of fused-ring (bicyclic) bond motifs is 2. The number of pyridine rings is 1. The highest BCUT2D eigenvalue weighted by Gasteiger charge is 2.47. The van der Waals surface area contributed by atoms with Gasteiger partial charge in [-0.2, -0.15) is 0 Å². The summed E-state index contributed by atoms with van der Waals surface area (Å²) in [7, 11) is 2.12. The lowest BCUT2D eigenvalue weighted by molar-refractivity contribution is 0.0992. The Bertz CT molecular complexity index is 1610. The second-order valence-corrected chi connectivity index (χ2v) is 10.8. The Balaban J connectivity index is 1.48. The van der Waals surface area contributed by atoms with E-state index < -0.39 is 0 Å². The van der Waals surface area contributed by atoms with E-state index in [0.29, 0.717) is 24.2 Å². The van der Waals surface area contributed by atoms with Gasteiger partial charge >= 0.3 is 0 Å². The summed E-state index contributed by atoms with van der Waals surface area (Å²) < 4.78 is 9.87. The van der Waals surface area contributed by atoms with Gasteiger partial charge in [0.15, 0.2) is 5.65 Å². The summed E-state index contributed by atoms with van der Waals surface area (Å²) in [6.07, 6.45) is 7.28. The molecule has 37 heavy (non-hydrogen) atoms. The number of rotatable bonds is 4. The predicted octanol–water partition coefficient (Wildman–Crippen LogP) is 5.77. The molecule has 7 rings (SSSR count). The molecule has 188 valence electrons. The molecule has 5 heterocycles. The monoisotopic (exact) mass is 513 g/mol. The first-order chi connectivity index (χ1) is 17.9. The summed E-state index contributed by atoms with van der Waals surface area (Å²) in [4.78, 5) is 16.5. The van der Waals surface area contributed by atoms with E-state index in [1.807, 2.05) is 53.6 Å². The van der Waals surface area contributed by atoms with Crippen LogP contribution in [0.25, 0.3) is 11.2 Å². The van der Waals surface area contributed by atoms with E-state index >= 15 is 0 Å². The molecule has 1 atom stereocenters. The maximum Gasteiger partial charge on any atom is 0.261 e. The third-order valence-electron chi connectivity index (χ3n) is 7.99. The van der Waals surface area contributed by atoms with Gasteiger partial charge in [0.1, 0.15) is 11.9 Å². The number of anilines is 1. The molecule has 0 radical (unpaired) electrons. The first-order valence-electron chi connectivity index (χ1n) is 12.8. The minimum atomic E-state index is -0.273. The van der Waals surface area contributed by atoms with Crippen LogP contribution in [-0.4, -0.2) is 38.3 Å². The molecule has 0 saturated heterocycles. The summed E-state index contributed by atoms with van der Waals surface area (Å²) in [6, 6.07) is 9.66. The lowest BCUT2D eigenvalue weighted by Gasteiger charge is -2.28. The fourth-order valence-corrected chi connectivity index (χ4v) is 6.25. The van der Waals surface area contributed by atoms with Gasteiger partial charge in [0.2, 0.25) is 0 Å². The van der Waals surface area contributed by atoms with Crippen LogP contribution in [0.5, 0.6) is 0 Å². The van der Waals surface area contributed by atoms with Crippen molar-refractivity contribution in [3.63, 3.8) is 0 Å². The maximum atomic E-state index is 14.5. The van der Waals surface area contributed by atoms with Crippen LogP contribution in [0.1, 0.15) is 75.5 Å². The van der Waals surface area contributed by atoms with Crippen LogP contribution in [0.15, 0.2) is 42.6 Å². The van der Waals surface area contributed by atoms with Crippen LogP contribution >= 0.6 is 11.6 Å². The van der Waals surface area contributed by atoms with Crippen LogP contribution in [0.2, 0.25) is 5.02 Å². The van der Waals surface area contributed by atoms with Gasteiger partial charge in [-0.25, -0.2) is 0 Å². The number of benzene rings is 1. The number of carbonyl (C=O) groups is 1. The van der Waals surface area contributed by atoms with E-state index in [-0.39, 0.29) is 11.9 Å². The van der Waals surface area contributed by atoms with E-state index in [1.165, 1.54) is 16.8 Å². The van der Waals surface area contributed by atoms with Gasteiger partial charge in [0.05, 0.1) is 30.2 Å². The minimum Gasteiger partial charge on any atom is -0.377 e. The molecule has 8 heteroatoms. The number of aromatic nitrogens is 4. The van der Waals surface area contributed by atoms with Crippen LogP contribution in [-0.2, 0) is 11.8 Å². The average Bonchev–Trinajstić information content (AvgIpc) is 3.52. The molecule has 1 aliphatic carbocycles. The summed E-state index contributed by atoms with van der Waals surface area (Å²) in [5, 5.41) is 9.25. The molecule has 2 aliphatic heterocycles. The zero-order valence-corrected chi connectivity index (χ0v) is 21.9. The quantitative estimate of drug-likeness (QED) is 0.347. The Morgan fingerprint density at radius 1 is 1.11 bits per heavy atom. The van der Waals surface area contributed by atoms with Crippen molar-refractivity contribution in [2.45, 2.75) is 45.1 Å². The number of ether oxygens (including phenoxy) is 1. The second-order valence-electron chi connectivity index (χ2n) is 10.4. The largest absolute Gasteiger partial charge is 0.377 e. The van der Waals surface area contributed by atoms with Crippen molar-refractivity contribution in [3.05, 3.63) is 87.1 Å². The molecule has 1 saturated carbocycles. The number of carbonyl (C=O) groups excluding carboxylic acids is 1. The van der Waals surface area contributed by atoms with Crippen molar-refractivity contribution in [3.8, 4) is 0 Å². The Kier molecular flexibility index (Phi) is 5.10. The van der Waals surface area contributed by atoms with Gasteiger partial charge in [-0.15, -0.1) is 10.2 Å². The van der Waals surface area contributed by atoms with Crippen molar-refractivity contribution < 1.29 is 9.53 Å². The van der Waals surface area contributed by atoms with E-state index in [4.69, 9.17) is 16.3 Å². The highest BCUT2D eigenvalue weighted by molar-refractivity contribution is 6.30. The van der Waals surface area contributed by atoms with Gasteiger partial charge < -0.3 is 9.30 Å². The van der Waals surface area contributed by atoms with Gasteiger partial charge in [0, 0.05) is 24.0 Å². The molecule has 1 aromatic carbocycles. The van der Waals surface area contributed by atoms with Gasteiger partial charge in [-0.3, -0.25) is 14.1 Å². The third kappa shape index (κ3) is 3.41. The fourth-order valence-electron chi connectivity index (χ4n) is 6.13. The summed E-state index contributed by atoms with van der Waals surface area (Å²) in [5.74, 6) is 1.27. The third-order valence-corrected chi connectivity index (χ3v) is 8.24.